The molecule has 0 aliphatic carbocycles. The number of carboxylic acids is 1. The quantitative estimate of drug-likeness (QED) is 0.373. The zero-order valence-electron chi connectivity index (χ0n) is 6.00. The maximum atomic E-state index is 10.1. The van der Waals surface area contributed by atoms with Crippen molar-refractivity contribution < 1.29 is 27.0 Å². The highest BCUT2D eigenvalue weighted by atomic mass is 35.5. The van der Waals surface area contributed by atoms with E-state index in [-0.39, 0.29) is 19.0 Å². The topological polar surface area (TPSA) is 98.6 Å². The number of hydrogen-bond donors (Lipinski definition) is 3. The molecule has 1 unspecified atom stereocenters. The monoisotopic (exact) mass is 183 g/mol. The van der Waals surface area contributed by atoms with Gasteiger partial charge < -0.3 is 33.7 Å². The highest BCUT2D eigenvalue weighted by molar-refractivity contribution is 5.73. The lowest BCUT2D eigenvalue weighted by Crippen LogP contribution is -3.00. The molecule has 0 rings (SSSR count). The van der Waals surface area contributed by atoms with Crippen LogP contribution in [0.4, 0.5) is 0 Å². The second-order valence-electron chi connectivity index (χ2n) is 1.81. The summed E-state index contributed by atoms with van der Waals surface area (Å²) in [6.45, 7) is 0.750. The Labute approximate surface area is 71.1 Å². The van der Waals surface area contributed by atoms with E-state index < -0.39 is 12.0 Å². The first-order valence-electron chi connectivity index (χ1n) is 2.94. The van der Waals surface area contributed by atoms with Gasteiger partial charge in [-0.15, -0.1) is 0 Å². The molecule has 0 saturated heterocycles. The average Bonchev–Trinajstić information content (AvgIpc) is 1.88. The van der Waals surface area contributed by atoms with E-state index in [1.54, 1.807) is 0 Å². The molecule has 0 aromatic heterocycles. The van der Waals surface area contributed by atoms with Crippen LogP contribution in [0, 0.1) is 0 Å². The average molecular weight is 184 g/mol. The molecule has 5 nitrogen and oxygen atoms in total. The highest BCUT2D eigenvalue weighted by Gasteiger charge is 2.09. The molecule has 1 atom stereocenters. The van der Waals surface area contributed by atoms with Gasteiger partial charge in [0.15, 0.2) is 0 Å². The van der Waals surface area contributed by atoms with Crippen molar-refractivity contribution in [1.29, 1.82) is 0 Å². The lowest BCUT2D eigenvalue weighted by atomic mass is 10.3. The van der Waals surface area contributed by atoms with Crippen LogP contribution in [-0.4, -0.2) is 36.9 Å². The molecule has 6 heteroatoms. The number of hydrogen-bond acceptors (Lipinski definition) is 4. The Morgan fingerprint density at radius 3 is 2.55 bits per heavy atom. The van der Waals surface area contributed by atoms with Crippen LogP contribution in [0.2, 0.25) is 0 Å². The molecule has 0 saturated carbocycles. The molecule has 0 amide bonds. The molecular weight excluding hydrogens is 172 g/mol. The van der Waals surface area contributed by atoms with Gasteiger partial charge in [0.2, 0.25) is 0 Å². The fourth-order valence-electron chi connectivity index (χ4n) is 0.365. The second-order valence-corrected chi connectivity index (χ2v) is 1.81. The predicted octanol–water partition coefficient (Wildman–Crippen LogP) is -4.62. The summed E-state index contributed by atoms with van der Waals surface area (Å²) in [6.07, 6.45) is 0. The minimum absolute atomic E-state index is 0. The van der Waals surface area contributed by atoms with E-state index in [9.17, 15) is 4.79 Å². The molecule has 0 aromatic carbocycles. The van der Waals surface area contributed by atoms with E-state index in [2.05, 4.69) is 0 Å². The summed E-state index contributed by atoms with van der Waals surface area (Å²) in [5.74, 6) is -1.06. The summed E-state index contributed by atoms with van der Waals surface area (Å²) in [5, 5.41) is 8.25. The molecule has 5 N–H and O–H groups in total. The van der Waals surface area contributed by atoms with Gasteiger partial charge in [-0.1, -0.05) is 0 Å². The van der Waals surface area contributed by atoms with Gasteiger partial charge in [0.1, 0.15) is 6.04 Å². The van der Waals surface area contributed by atoms with Crippen LogP contribution in [0.5, 0.6) is 0 Å². The van der Waals surface area contributed by atoms with Crippen molar-refractivity contribution in [3.05, 3.63) is 0 Å². The van der Waals surface area contributed by atoms with Crippen molar-refractivity contribution in [3.8, 4) is 0 Å². The minimum atomic E-state index is -1.06. The SMILES string of the molecule is NCCOCC(N)C(=O)O.[Cl-]. The number of nitrogens with two attached hydrogens (primary N) is 2. The Morgan fingerprint density at radius 2 is 2.18 bits per heavy atom. The number of aliphatic carboxylic acids is 1. The number of carboxylic acid groups (broad SMARTS) is 1. The fourth-order valence-corrected chi connectivity index (χ4v) is 0.365. The fraction of sp³-hybridized carbons (Fsp3) is 0.800. The Hall–Kier alpha value is -0.360. The maximum Gasteiger partial charge on any atom is 0.322 e. The Bertz CT molecular complexity index is 112. The summed E-state index contributed by atoms with van der Waals surface area (Å²) in [5.41, 5.74) is 10.2. The van der Waals surface area contributed by atoms with Crippen LogP contribution in [0.1, 0.15) is 0 Å². The zero-order chi connectivity index (χ0) is 7.98. The maximum absolute atomic E-state index is 10.1. The molecule has 11 heavy (non-hydrogen) atoms. The largest absolute Gasteiger partial charge is 1.00 e. The second kappa shape index (κ2) is 7.74. The zero-order valence-corrected chi connectivity index (χ0v) is 6.75. The van der Waals surface area contributed by atoms with Crippen LogP contribution in [0.15, 0.2) is 0 Å². The van der Waals surface area contributed by atoms with E-state index in [4.69, 9.17) is 21.3 Å². The van der Waals surface area contributed by atoms with Crippen LogP contribution in [0.3, 0.4) is 0 Å². The normalized spacial score (nSPS) is 11.8. The lowest BCUT2D eigenvalue weighted by molar-refractivity contribution is -0.139. The van der Waals surface area contributed by atoms with E-state index >= 15 is 0 Å². The molecule has 0 heterocycles. The van der Waals surface area contributed by atoms with Crippen LogP contribution >= 0.6 is 0 Å². The molecule has 0 fully saturated rings. The molecule has 0 aliphatic rings. The smallest absolute Gasteiger partial charge is 0.322 e. The molecule has 0 bridgehead atoms. The number of rotatable bonds is 5. The van der Waals surface area contributed by atoms with Crippen molar-refractivity contribution in [1.82, 2.24) is 0 Å². The van der Waals surface area contributed by atoms with Crippen LogP contribution < -0.4 is 23.9 Å². The third-order valence-corrected chi connectivity index (χ3v) is 0.877. The number of halogens is 1. The first-order valence-corrected chi connectivity index (χ1v) is 2.94. The Morgan fingerprint density at radius 1 is 1.64 bits per heavy atom. The molecule has 0 aliphatic heterocycles. The van der Waals surface area contributed by atoms with Crippen molar-refractivity contribution in [3.63, 3.8) is 0 Å². The molecule has 0 spiro atoms. The van der Waals surface area contributed by atoms with Crippen molar-refractivity contribution >= 4 is 5.97 Å². The van der Waals surface area contributed by atoms with Crippen LogP contribution in [0.25, 0.3) is 0 Å². The van der Waals surface area contributed by atoms with Gasteiger partial charge in [-0.05, 0) is 0 Å². The summed E-state index contributed by atoms with van der Waals surface area (Å²) in [4.78, 5) is 10.1. The number of carbonyl (C=O) groups is 1. The van der Waals surface area contributed by atoms with Gasteiger partial charge in [-0.25, -0.2) is 0 Å². The van der Waals surface area contributed by atoms with Crippen molar-refractivity contribution in [2.75, 3.05) is 19.8 Å². The third-order valence-electron chi connectivity index (χ3n) is 0.877. The number of ether oxygens (including phenoxy) is 1. The van der Waals surface area contributed by atoms with Gasteiger partial charge in [-0.2, -0.15) is 0 Å². The van der Waals surface area contributed by atoms with Crippen molar-refractivity contribution in [2.24, 2.45) is 11.5 Å². The molecular formula is C5H12ClN2O3-. The molecule has 68 valence electrons. The lowest BCUT2D eigenvalue weighted by Gasteiger charge is -2.05. The summed E-state index contributed by atoms with van der Waals surface area (Å²) < 4.78 is 4.78. The van der Waals surface area contributed by atoms with Gasteiger partial charge in [0.05, 0.1) is 13.2 Å². The minimum Gasteiger partial charge on any atom is -1.00 e. The first-order chi connectivity index (χ1) is 4.68. The molecule has 0 radical (unpaired) electrons. The van der Waals surface area contributed by atoms with Gasteiger partial charge in [0, 0.05) is 6.54 Å². The standard InChI is InChI=1S/C5H12N2O3.ClH/c6-1-2-10-3-4(7)5(8)9;/h4H,1-3,6-7H2,(H,8,9);1H/p-1. The van der Waals surface area contributed by atoms with Crippen molar-refractivity contribution in [2.45, 2.75) is 6.04 Å². The van der Waals surface area contributed by atoms with Crippen LogP contribution in [-0.2, 0) is 9.53 Å². The summed E-state index contributed by atoms with van der Waals surface area (Å²) in [6, 6.07) is -0.938. The Balaban J connectivity index is 0. The molecule has 0 aromatic rings. The highest BCUT2D eigenvalue weighted by Crippen LogP contribution is 1.80. The first kappa shape index (κ1) is 13.2. The van der Waals surface area contributed by atoms with E-state index in [0.717, 1.165) is 0 Å². The van der Waals surface area contributed by atoms with Gasteiger partial charge >= 0.3 is 5.97 Å². The van der Waals surface area contributed by atoms with E-state index in [1.165, 1.54) is 0 Å². The van der Waals surface area contributed by atoms with Gasteiger partial charge in [0.25, 0.3) is 0 Å². The predicted molar refractivity (Wildman–Crippen MR) is 35.5 cm³/mol. The van der Waals surface area contributed by atoms with E-state index in [0.29, 0.717) is 13.2 Å². The summed E-state index contributed by atoms with van der Waals surface area (Å²) in [7, 11) is 0. The Kier molecular flexibility index (Phi) is 9.32. The third kappa shape index (κ3) is 7.54. The summed E-state index contributed by atoms with van der Waals surface area (Å²) >= 11 is 0. The van der Waals surface area contributed by atoms with Gasteiger partial charge in [-0.3, -0.25) is 4.79 Å². The van der Waals surface area contributed by atoms with E-state index in [1.807, 2.05) is 0 Å².